The first-order chi connectivity index (χ1) is 14.2. The molecule has 0 aliphatic carbocycles. The van der Waals surface area contributed by atoms with Crippen LogP contribution in [0.5, 0.6) is 5.75 Å². The average Bonchev–Trinajstić information content (AvgIpc) is 3.28. The van der Waals surface area contributed by atoms with Crippen LogP contribution in [-0.4, -0.2) is 28.3 Å². The first kappa shape index (κ1) is 20.0. The number of rotatable bonds is 4. The summed E-state index contributed by atoms with van der Waals surface area (Å²) in [7, 11) is 1.75. The van der Waals surface area contributed by atoms with Crippen LogP contribution in [0.15, 0.2) is 48.5 Å². The number of nitrogens with one attached hydrogen (secondary N) is 1. The predicted molar refractivity (Wildman–Crippen MR) is 105 cm³/mol. The van der Waals surface area contributed by atoms with E-state index in [0.717, 1.165) is 17.3 Å². The second-order valence-electron chi connectivity index (χ2n) is 7.29. The molecule has 8 heteroatoms. The molecule has 1 N–H and O–H groups in total. The molecule has 1 aliphatic heterocycles. The molecule has 1 amide bonds. The first-order valence-corrected chi connectivity index (χ1v) is 9.48. The van der Waals surface area contributed by atoms with Crippen LogP contribution in [0, 0.1) is 6.92 Å². The number of aryl methyl sites for hydroxylation is 2. The zero-order chi connectivity index (χ0) is 21.5. The van der Waals surface area contributed by atoms with Gasteiger partial charge < -0.3 is 10.1 Å². The SMILES string of the molecule is Cc1cc(C(=O)NC[C@H]2Cc3cccc(-c4ccccc4C(F)(F)F)c3O2)nn1C. The third-order valence-electron chi connectivity index (χ3n) is 5.19. The Morgan fingerprint density at radius 2 is 1.93 bits per heavy atom. The lowest BCUT2D eigenvalue weighted by atomic mass is 9.96. The Kier molecular flexibility index (Phi) is 5.01. The maximum Gasteiger partial charge on any atom is 0.417 e. The zero-order valence-corrected chi connectivity index (χ0v) is 16.5. The number of alkyl halides is 3. The maximum absolute atomic E-state index is 13.5. The molecular weight excluding hydrogens is 395 g/mol. The van der Waals surface area contributed by atoms with E-state index in [1.807, 2.05) is 13.0 Å². The molecule has 2 heterocycles. The van der Waals surface area contributed by atoms with E-state index in [0.29, 0.717) is 23.4 Å². The predicted octanol–water partition coefficient (Wildman–Crippen LogP) is 4.15. The number of amides is 1. The second-order valence-corrected chi connectivity index (χ2v) is 7.29. The number of ether oxygens (including phenoxy) is 1. The van der Waals surface area contributed by atoms with Gasteiger partial charge in [0.15, 0.2) is 0 Å². The van der Waals surface area contributed by atoms with Crippen molar-refractivity contribution in [1.82, 2.24) is 15.1 Å². The highest BCUT2D eigenvalue weighted by molar-refractivity contribution is 5.92. The van der Waals surface area contributed by atoms with E-state index in [9.17, 15) is 18.0 Å². The molecule has 5 nitrogen and oxygen atoms in total. The number of carbonyl (C=O) groups excluding carboxylic acids is 1. The molecule has 0 saturated carbocycles. The second kappa shape index (κ2) is 7.51. The monoisotopic (exact) mass is 415 g/mol. The van der Waals surface area contributed by atoms with E-state index in [1.54, 1.807) is 36.0 Å². The van der Waals surface area contributed by atoms with Gasteiger partial charge in [0.05, 0.1) is 12.1 Å². The topological polar surface area (TPSA) is 56.1 Å². The Morgan fingerprint density at radius 1 is 1.20 bits per heavy atom. The molecule has 0 spiro atoms. The van der Waals surface area contributed by atoms with Crippen molar-refractivity contribution in [3.05, 3.63) is 71.0 Å². The minimum atomic E-state index is -4.47. The van der Waals surface area contributed by atoms with E-state index in [4.69, 9.17) is 4.74 Å². The van der Waals surface area contributed by atoms with Crippen LogP contribution in [0.4, 0.5) is 13.2 Å². The number of carbonyl (C=O) groups is 1. The summed E-state index contributed by atoms with van der Waals surface area (Å²) in [6, 6.07) is 12.3. The fraction of sp³-hybridized carbons (Fsp3) is 0.273. The Balaban J connectivity index is 1.53. The van der Waals surface area contributed by atoms with Crippen LogP contribution in [0.3, 0.4) is 0 Å². The number of hydrogen-bond donors (Lipinski definition) is 1. The standard InChI is InChI=1S/C22H20F3N3O2/c1-13-10-19(27-28(13)2)21(29)26-12-15-11-14-6-5-8-17(20(14)30-15)16-7-3-4-9-18(16)22(23,24)25/h3-10,15H,11-12H2,1-2H3,(H,26,29)/t15-/m1/s1. The van der Waals surface area contributed by atoms with Gasteiger partial charge in [-0.1, -0.05) is 36.4 Å². The first-order valence-electron chi connectivity index (χ1n) is 9.48. The van der Waals surface area contributed by atoms with Crippen LogP contribution < -0.4 is 10.1 Å². The van der Waals surface area contributed by atoms with Gasteiger partial charge in [-0.25, -0.2) is 0 Å². The van der Waals surface area contributed by atoms with Gasteiger partial charge >= 0.3 is 6.18 Å². The van der Waals surface area contributed by atoms with Crippen molar-refractivity contribution in [3.8, 4) is 16.9 Å². The van der Waals surface area contributed by atoms with Crippen LogP contribution in [0.25, 0.3) is 11.1 Å². The molecule has 1 atom stereocenters. The van der Waals surface area contributed by atoms with Gasteiger partial charge in [0.2, 0.25) is 0 Å². The number of nitrogens with zero attached hydrogens (tertiary/aromatic N) is 2. The summed E-state index contributed by atoms with van der Waals surface area (Å²) in [6.07, 6.45) is -4.33. The van der Waals surface area contributed by atoms with Gasteiger partial charge in [-0.15, -0.1) is 0 Å². The number of aromatic nitrogens is 2. The van der Waals surface area contributed by atoms with Crippen molar-refractivity contribution >= 4 is 5.91 Å². The van der Waals surface area contributed by atoms with E-state index >= 15 is 0 Å². The molecular formula is C22H20F3N3O2. The van der Waals surface area contributed by atoms with E-state index in [1.165, 1.54) is 12.1 Å². The maximum atomic E-state index is 13.5. The number of para-hydroxylation sites is 1. The lowest BCUT2D eigenvalue weighted by Crippen LogP contribution is -2.34. The van der Waals surface area contributed by atoms with Crippen molar-refractivity contribution in [1.29, 1.82) is 0 Å². The van der Waals surface area contributed by atoms with Crippen LogP contribution in [0.1, 0.15) is 27.3 Å². The van der Waals surface area contributed by atoms with Crippen LogP contribution >= 0.6 is 0 Å². The summed E-state index contributed by atoms with van der Waals surface area (Å²) in [5.41, 5.74) is 1.76. The summed E-state index contributed by atoms with van der Waals surface area (Å²) in [5.74, 6) is 0.114. The summed E-state index contributed by atoms with van der Waals surface area (Å²) in [6.45, 7) is 2.07. The van der Waals surface area contributed by atoms with Crippen molar-refractivity contribution < 1.29 is 22.7 Å². The van der Waals surface area contributed by atoms with Crippen molar-refractivity contribution in [2.75, 3.05) is 6.54 Å². The lowest BCUT2D eigenvalue weighted by Gasteiger charge is -2.16. The summed E-state index contributed by atoms with van der Waals surface area (Å²) in [5, 5.41) is 6.93. The fourth-order valence-electron chi connectivity index (χ4n) is 3.60. The molecule has 0 fully saturated rings. The molecule has 1 aliphatic rings. The smallest absolute Gasteiger partial charge is 0.417 e. The van der Waals surface area contributed by atoms with Gasteiger partial charge in [0, 0.05) is 24.7 Å². The number of benzene rings is 2. The van der Waals surface area contributed by atoms with Crippen LogP contribution in [-0.2, 0) is 19.6 Å². The molecule has 156 valence electrons. The summed E-state index contributed by atoms with van der Waals surface area (Å²) >= 11 is 0. The highest BCUT2D eigenvalue weighted by Gasteiger charge is 2.35. The Morgan fingerprint density at radius 3 is 2.63 bits per heavy atom. The summed E-state index contributed by atoms with van der Waals surface area (Å²) < 4.78 is 48.0. The molecule has 0 radical (unpaired) electrons. The normalized spacial score (nSPS) is 15.6. The van der Waals surface area contributed by atoms with Gasteiger partial charge in [-0.2, -0.15) is 18.3 Å². The number of hydrogen-bond acceptors (Lipinski definition) is 3. The molecule has 0 bridgehead atoms. The fourth-order valence-corrected chi connectivity index (χ4v) is 3.60. The highest BCUT2D eigenvalue weighted by atomic mass is 19.4. The minimum absolute atomic E-state index is 0.0792. The van der Waals surface area contributed by atoms with Gasteiger partial charge in [0.25, 0.3) is 5.91 Å². The highest BCUT2D eigenvalue weighted by Crippen LogP contribution is 2.43. The van der Waals surface area contributed by atoms with Crippen LogP contribution in [0.2, 0.25) is 0 Å². The molecule has 2 aromatic carbocycles. The van der Waals surface area contributed by atoms with Gasteiger partial charge in [0.1, 0.15) is 17.5 Å². The lowest BCUT2D eigenvalue weighted by molar-refractivity contribution is -0.137. The third kappa shape index (κ3) is 3.77. The quantitative estimate of drug-likeness (QED) is 0.697. The molecule has 30 heavy (non-hydrogen) atoms. The van der Waals surface area contributed by atoms with Crippen molar-refractivity contribution in [3.63, 3.8) is 0 Å². The van der Waals surface area contributed by atoms with E-state index in [-0.39, 0.29) is 24.1 Å². The Labute approximate surface area is 171 Å². The number of halogens is 3. The minimum Gasteiger partial charge on any atom is -0.487 e. The average molecular weight is 415 g/mol. The largest absolute Gasteiger partial charge is 0.487 e. The molecule has 0 saturated heterocycles. The molecule has 0 unspecified atom stereocenters. The Hall–Kier alpha value is -3.29. The van der Waals surface area contributed by atoms with Gasteiger partial charge in [-0.05, 0) is 30.2 Å². The zero-order valence-electron chi connectivity index (χ0n) is 16.5. The van der Waals surface area contributed by atoms with E-state index in [2.05, 4.69) is 10.4 Å². The molecule has 3 aromatic rings. The number of fused-ring (bicyclic) bond motifs is 1. The Bertz CT molecular complexity index is 1090. The van der Waals surface area contributed by atoms with E-state index < -0.39 is 11.7 Å². The molecule has 1 aromatic heterocycles. The van der Waals surface area contributed by atoms with Crippen molar-refractivity contribution in [2.45, 2.75) is 25.6 Å². The van der Waals surface area contributed by atoms with Crippen molar-refractivity contribution in [2.24, 2.45) is 7.05 Å². The summed E-state index contributed by atoms with van der Waals surface area (Å²) in [4.78, 5) is 12.3. The third-order valence-corrected chi connectivity index (χ3v) is 5.19. The molecule has 4 rings (SSSR count). The van der Waals surface area contributed by atoms with Gasteiger partial charge in [-0.3, -0.25) is 9.48 Å².